The van der Waals surface area contributed by atoms with Gasteiger partial charge in [0.05, 0.1) is 7.11 Å². The number of nitrogens with zero attached hydrogens (tertiary/aromatic N) is 3. The summed E-state index contributed by atoms with van der Waals surface area (Å²) in [6, 6.07) is 13.4. The summed E-state index contributed by atoms with van der Waals surface area (Å²) in [6.07, 6.45) is 5.33. The number of rotatable bonds is 4. The van der Waals surface area contributed by atoms with E-state index in [1.165, 1.54) is 0 Å². The predicted octanol–water partition coefficient (Wildman–Crippen LogP) is 2.59. The third kappa shape index (κ3) is 4.50. The Kier molecular flexibility index (Phi) is 5.51. The first-order chi connectivity index (χ1) is 12.3. The van der Waals surface area contributed by atoms with Gasteiger partial charge >= 0.3 is 6.03 Å². The fourth-order valence-corrected chi connectivity index (χ4v) is 2.69. The van der Waals surface area contributed by atoms with Crippen LogP contribution >= 0.6 is 0 Å². The molecular formula is C19H22N4O2. The number of ether oxygens (including phenoxy) is 1. The number of carbonyl (C=O) groups excluding carboxylic acids is 1. The molecule has 2 heterocycles. The summed E-state index contributed by atoms with van der Waals surface area (Å²) >= 11 is 0. The van der Waals surface area contributed by atoms with Gasteiger partial charge in [-0.25, -0.2) is 9.78 Å². The molecule has 25 heavy (non-hydrogen) atoms. The minimum Gasteiger partial charge on any atom is -0.497 e. The third-order valence-corrected chi connectivity index (χ3v) is 4.14. The van der Waals surface area contributed by atoms with E-state index < -0.39 is 0 Å². The van der Waals surface area contributed by atoms with Crippen molar-refractivity contribution in [3.8, 4) is 5.75 Å². The average Bonchev–Trinajstić information content (AvgIpc) is 2.69. The van der Waals surface area contributed by atoms with Crippen molar-refractivity contribution in [2.24, 2.45) is 0 Å². The molecule has 0 aliphatic carbocycles. The molecule has 1 N–H and O–H groups in total. The molecule has 1 aliphatic heterocycles. The Morgan fingerprint density at radius 2 is 1.88 bits per heavy atom. The van der Waals surface area contributed by atoms with E-state index in [1.54, 1.807) is 19.5 Å². The lowest BCUT2D eigenvalue weighted by Gasteiger charge is -2.35. The zero-order valence-corrected chi connectivity index (χ0v) is 14.3. The van der Waals surface area contributed by atoms with Crippen molar-refractivity contribution in [3.63, 3.8) is 0 Å². The monoisotopic (exact) mass is 338 g/mol. The van der Waals surface area contributed by atoms with Gasteiger partial charge in [-0.15, -0.1) is 0 Å². The van der Waals surface area contributed by atoms with Crippen molar-refractivity contribution in [1.82, 2.24) is 15.2 Å². The van der Waals surface area contributed by atoms with Gasteiger partial charge < -0.3 is 19.9 Å². The molecule has 0 radical (unpaired) electrons. The van der Waals surface area contributed by atoms with Crippen molar-refractivity contribution in [3.05, 3.63) is 60.4 Å². The van der Waals surface area contributed by atoms with Gasteiger partial charge in [-0.2, -0.15) is 0 Å². The van der Waals surface area contributed by atoms with Gasteiger partial charge in [-0.05, 0) is 35.9 Å². The van der Waals surface area contributed by atoms with Gasteiger partial charge in [0.15, 0.2) is 0 Å². The van der Waals surface area contributed by atoms with Gasteiger partial charge in [0.25, 0.3) is 0 Å². The second-order valence-electron chi connectivity index (χ2n) is 5.72. The number of hydrogen-bond donors (Lipinski definition) is 1. The summed E-state index contributed by atoms with van der Waals surface area (Å²) in [5.74, 6) is 1.77. The first-order valence-electron chi connectivity index (χ1n) is 8.28. The van der Waals surface area contributed by atoms with Crippen molar-refractivity contribution in [2.75, 3.05) is 38.2 Å². The van der Waals surface area contributed by atoms with Crippen LogP contribution in [0.5, 0.6) is 5.75 Å². The molecule has 130 valence electrons. The second kappa shape index (κ2) is 8.19. The van der Waals surface area contributed by atoms with Crippen LogP contribution in [0.3, 0.4) is 0 Å². The number of benzene rings is 1. The van der Waals surface area contributed by atoms with Crippen molar-refractivity contribution in [1.29, 1.82) is 0 Å². The van der Waals surface area contributed by atoms with Crippen LogP contribution in [0.15, 0.2) is 54.9 Å². The molecule has 6 nitrogen and oxygen atoms in total. The molecule has 1 aliphatic rings. The maximum atomic E-state index is 12.2. The number of urea groups is 1. The number of amides is 2. The highest BCUT2D eigenvalue weighted by molar-refractivity contribution is 5.76. The lowest BCUT2D eigenvalue weighted by Crippen LogP contribution is -2.51. The largest absolute Gasteiger partial charge is 0.497 e. The lowest BCUT2D eigenvalue weighted by atomic mass is 10.2. The summed E-state index contributed by atoms with van der Waals surface area (Å²) in [4.78, 5) is 20.6. The lowest BCUT2D eigenvalue weighted by molar-refractivity contribution is 0.198. The molecule has 2 aromatic rings. The fourth-order valence-electron chi connectivity index (χ4n) is 2.69. The minimum absolute atomic E-state index is 0.0783. The van der Waals surface area contributed by atoms with E-state index >= 15 is 0 Å². The summed E-state index contributed by atoms with van der Waals surface area (Å²) in [5.41, 5.74) is 1.00. The summed E-state index contributed by atoms with van der Waals surface area (Å²) in [5, 5.41) is 2.83. The number of pyridine rings is 1. The third-order valence-electron chi connectivity index (χ3n) is 4.14. The van der Waals surface area contributed by atoms with Crippen LogP contribution < -0.4 is 15.0 Å². The normalized spacial score (nSPS) is 14.6. The molecule has 3 rings (SSSR count). The van der Waals surface area contributed by atoms with Crippen molar-refractivity contribution in [2.45, 2.75) is 0 Å². The van der Waals surface area contributed by atoms with E-state index in [2.05, 4.69) is 15.2 Å². The van der Waals surface area contributed by atoms with E-state index in [0.717, 1.165) is 30.2 Å². The molecule has 0 spiro atoms. The zero-order chi connectivity index (χ0) is 17.5. The number of hydrogen-bond acceptors (Lipinski definition) is 4. The molecular weight excluding hydrogens is 316 g/mol. The quantitative estimate of drug-likeness (QED) is 0.931. The van der Waals surface area contributed by atoms with Gasteiger partial charge in [-0.1, -0.05) is 18.2 Å². The molecule has 1 fully saturated rings. The van der Waals surface area contributed by atoms with E-state index in [0.29, 0.717) is 13.1 Å². The van der Waals surface area contributed by atoms with Crippen LogP contribution in [-0.2, 0) is 0 Å². The fraction of sp³-hybridized carbons (Fsp3) is 0.263. The molecule has 1 aromatic heterocycles. The highest BCUT2D eigenvalue weighted by Crippen LogP contribution is 2.13. The zero-order valence-electron chi connectivity index (χ0n) is 14.3. The van der Waals surface area contributed by atoms with E-state index in [4.69, 9.17) is 4.74 Å². The first kappa shape index (κ1) is 16.8. The van der Waals surface area contributed by atoms with Crippen LogP contribution in [0.25, 0.3) is 6.08 Å². The van der Waals surface area contributed by atoms with Crippen LogP contribution in [-0.4, -0.2) is 49.2 Å². The number of methoxy groups -OCH3 is 1. The highest BCUT2D eigenvalue weighted by Gasteiger charge is 2.20. The van der Waals surface area contributed by atoms with Crippen molar-refractivity contribution >= 4 is 17.9 Å². The van der Waals surface area contributed by atoms with E-state index in [-0.39, 0.29) is 6.03 Å². The summed E-state index contributed by atoms with van der Waals surface area (Å²) in [6.45, 7) is 2.93. The predicted molar refractivity (Wildman–Crippen MR) is 98.6 cm³/mol. The minimum atomic E-state index is -0.0783. The summed E-state index contributed by atoms with van der Waals surface area (Å²) in [7, 11) is 1.64. The second-order valence-corrected chi connectivity index (χ2v) is 5.72. The van der Waals surface area contributed by atoms with Gasteiger partial charge in [0, 0.05) is 38.6 Å². The molecule has 0 saturated carbocycles. The van der Waals surface area contributed by atoms with Crippen LogP contribution in [0, 0.1) is 0 Å². The Balaban J connectivity index is 1.47. The maximum Gasteiger partial charge on any atom is 0.321 e. The number of anilines is 1. The van der Waals surface area contributed by atoms with Gasteiger partial charge in [-0.3, -0.25) is 0 Å². The number of nitrogens with one attached hydrogen (secondary N) is 1. The van der Waals surface area contributed by atoms with Crippen LogP contribution in [0.2, 0.25) is 0 Å². The highest BCUT2D eigenvalue weighted by atomic mass is 16.5. The molecule has 6 heteroatoms. The molecule has 2 amide bonds. The number of aromatic nitrogens is 1. The molecule has 0 bridgehead atoms. The van der Waals surface area contributed by atoms with Crippen molar-refractivity contribution < 1.29 is 9.53 Å². The topological polar surface area (TPSA) is 57.7 Å². The first-order valence-corrected chi connectivity index (χ1v) is 8.28. The standard InChI is InChI=1S/C19H22N4O2/c1-25-17-7-5-16(6-8-17)9-11-21-19(24)23-14-12-22(13-15-23)18-4-2-3-10-20-18/h2-11H,12-15H2,1H3,(H,21,24)/b11-9+. The maximum absolute atomic E-state index is 12.2. The molecule has 0 atom stereocenters. The Labute approximate surface area is 147 Å². The van der Waals surface area contributed by atoms with Crippen LogP contribution in [0.1, 0.15) is 5.56 Å². The number of piperazine rings is 1. The number of carbonyl (C=O) groups is 1. The Hall–Kier alpha value is -3.02. The van der Waals surface area contributed by atoms with E-state index in [9.17, 15) is 4.79 Å². The van der Waals surface area contributed by atoms with Gasteiger partial charge in [0.2, 0.25) is 0 Å². The SMILES string of the molecule is COc1ccc(/C=C/NC(=O)N2CCN(c3ccccn3)CC2)cc1. The van der Waals surface area contributed by atoms with E-state index in [1.807, 2.05) is 53.4 Å². The Bertz CT molecular complexity index is 708. The summed E-state index contributed by atoms with van der Waals surface area (Å²) < 4.78 is 5.12. The Morgan fingerprint density at radius 3 is 2.52 bits per heavy atom. The van der Waals surface area contributed by atoms with Crippen LogP contribution in [0.4, 0.5) is 10.6 Å². The molecule has 1 aromatic carbocycles. The molecule has 1 saturated heterocycles. The smallest absolute Gasteiger partial charge is 0.321 e. The van der Waals surface area contributed by atoms with Gasteiger partial charge in [0.1, 0.15) is 11.6 Å². The Morgan fingerprint density at radius 1 is 1.12 bits per heavy atom. The molecule has 0 unspecified atom stereocenters. The average molecular weight is 338 g/mol.